The van der Waals surface area contributed by atoms with Gasteiger partial charge in [0.15, 0.2) is 0 Å². The van der Waals surface area contributed by atoms with Crippen LogP contribution in [-0.2, 0) is 27.0 Å². The molecule has 10 heavy (non-hydrogen) atoms. The molecular weight excluding hydrogens is 202 g/mol. The fourth-order valence-electron chi connectivity index (χ4n) is 0.494. The number of rotatable bonds is 2. The average Bonchev–Trinajstić information content (AvgIpc) is 1.69. The van der Waals surface area contributed by atoms with E-state index in [9.17, 15) is 0 Å². The standard InChI is InChI=1S/C5H11NS2.2S/c1-3-6(4-2)5(7)8;;/h3-4H2,1-2H3,(H,7,8);;/q;2*-2. The highest BCUT2D eigenvalue weighted by Crippen LogP contribution is 1.93. The number of thiol groups is 1. The Kier molecular flexibility index (Phi) is 17.0. The average molecular weight is 213 g/mol. The summed E-state index contributed by atoms with van der Waals surface area (Å²) in [4.78, 5) is 2.01. The van der Waals surface area contributed by atoms with Gasteiger partial charge in [-0.15, -0.1) is 12.6 Å². The molecule has 64 valence electrons. The minimum absolute atomic E-state index is 0. The van der Waals surface area contributed by atoms with Gasteiger partial charge in [0.25, 0.3) is 0 Å². The summed E-state index contributed by atoms with van der Waals surface area (Å²) in [5.74, 6) is 0. The smallest absolute Gasteiger partial charge is 0.133 e. The maximum absolute atomic E-state index is 4.81. The first-order chi connectivity index (χ1) is 3.72. The predicted octanol–water partition coefficient (Wildman–Crippen LogP) is 1.54. The van der Waals surface area contributed by atoms with Crippen molar-refractivity contribution in [2.24, 2.45) is 0 Å². The Labute approximate surface area is 87.9 Å². The van der Waals surface area contributed by atoms with E-state index in [1.807, 2.05) is 4.90 Å². The molecule has 0 aromatic heterocycles. The molecule has 0 heterocycles. The minimum atomic E-state index is 0. The summed E-state index contributed by atoms with van der Waals surface area (Å²) in [5, 5.41) is 0. The van der Waals surface area contributed by atoms with Crippen LogP contribution in [-0.4, -0.2) is 22.3 Å². The first-order valence-electron chi connectivity index (χ1n) is 2.70. The van der Waals surface area contributed by atoms with Crippen LogP contribution in [0.25, 0.3) is 0 Å². The van der Waals surface area contributed by atoms with Gasteiger partial charge in [-0.05, 0) is 13.8 Å². The van der Waals surface area contributed by atoms with Crippen molar-refractivity contribution in [2.75, 3.05) is 13.1 Å². The second-order valence-electron chi connectivity index (χ2n) is 1.45. The predicted molar refractivity (Wildman–Crippen MR) is 59.2 cm³/mol. The van der Waals surface area contributed by atoms with E-state index in [1.165, 1.54) is 0 Å². The van der Waals surface area contributed by atoms with Crippen LogP contribution >= 0.6 is 24.8 Å². The molecule has 0 aliphatic carbocycles. The topological polar surface area (TPSA) is 3.24 Å². The van der Waals surface area contributed by atoms with E-state index >= 15 is 0 Å². The highest BCUT2D eigenvalue weighted by molar-refractivity contribution is 8.10. The third kappa shape index (κ3) is 7.05. The number of hydrogen-bond acceptors (Lipinski definition) is 1. The van der Waals surface area contributed by atoms with Crippen molar-refractivity contribution in [1.29, 1.82) is 0 Å². The Bertz CT molecular complexity index is 81.7. The molecule has 0 rings (SSSR count). The molecule has 0 spiro atoms. The summed E-state index contributed by atoms with van der Waals surface area (Å²) < 4.78 is 0.690. The third-order valence-corrected chi connectivity index (χ3v) is 1.58. The summed E-state index contributed by atoms with van der Waals surface area (Å²) in [6.45, 7) is 6.04. The summed E-state index contributed by atoms with van der Waals surface area (Å²) in [7, 11) is 0. The molecule has 0 bridgehead atoms. The van der Waals surface area contributed by atoms with Crippen LogP contribution in [0.2, 0.25) is 0 Å². The van der Waals surface area contributed by atoms with Gasteiger partial charge in [-0.25, -0.2) is 0 Å². The lowest BCUT2D eigenvalue weighted by Gasteiger charge is -2.16. The summed E-state index contributed by atoms with van der Waals surface area (Å²) in [5.41, 5.74) is 0. The van der Waals surface area contributed by atoms with E-state index in [0.29, 0.717) is 4.32 Å². The molecule has 0 saturated heterocycles. The van der Waals surface area contributed by atoms with Crippen molar-refractivity contribution in [3.63, 3.8) is 0 Å². The van der Waals surface area contributed by atoms with Gasteiger partial charge in [-0.3, -0.25) is 0 Å². The molecule has 1 nitrogen and oxygen atoms in total. The molecule has 0 aliphatic rings. The highest BCUT2D eigenvalue weighted by Gasteiger charge is 1.96. The zero-order valence-corrected chi connectivity index (χ0v) is 9.38. The van der Waals surface area contributed by atoms with Crippen LogP contribution < -0.4 is 0 Å². The SMILES string of the molecule is CCN(CC)C(=S)S.[S-2].[S-2]. The van der Waals surface area contributed by atoms with Gasteiger partial charge in [0.1, 0.15) is 4.32 Å². The van der Waals surface area contributed by atoms with Gasteiger partial charge >= 0.3 is 0 Å². The largest absolute Gasteiger partial charge is 2.00 e. The zero-order valence-electron chi connectivity index (χ0n) is 6.03. The quantitative estimate of drug-likeness (QED) is 0.547. The number of hydrogen-bond donors (Lipinski definition) is 1. The molecule has 0 aromatic carbocycles. The summed E-state index contributed by atoms with van der Waals surface area (Å²) in [6, 6.07) is 0. The first-order valence-corrected chi connectivity index (χ1v) is 3.55. The lowest BCUT2D eigenvalue weighted by Crippen LogP contribution is -2.24. The Morgan fingerprint density at radius 3 is 1.60 bits per heavy atom. The van der Waals surface area contributed by atoms with E-state index in [1.54, 1.807) is 0 Å². The first kappa shape index (κ1) is 17.1. The van der Waals surface area contributed by atoms with Gasteiger partial charge < -0.3 is 31.9 Å². The molecule has 0 aromatic rings. The molecule has 0 aliphatic heterocycles. The Morgan fingerprint density at radius 1 is 1.30 bits per heavy atom. The highest BCUT2D eigenvalue weighted by atomic mass is 32.1. The maximum atomic E-state index is 4.81. The number of nitrogens with zero attached hydrogens (tertiary/aromatic N) is 1. The second kappa shape index (κ2) is 9.94. The molecule has 0 fully saturated rings. The van der Waals surface area contributed by atoms with E-state index in [4.69, 9.17) is 12.2 Å². The number of thiocarbonyl (C=S) groups is 1. The lowest BCUT2D eigenvalue weighted by molar-refractivity contribution is 0.482. The molecule has 0 N–H and O–H groups in total. The van der Waals surface area contributed by atoms with Gasteiger partial charge in [-0.2, -0.15) is 0 Å². The molecule has 0 amide bonds. The van der Waals surface area contributed by atoms with Crippen molar-refractivity contribution < 1.29 is 0 Å². The van der Waals surface area contributed by atoms with Crippen LogP contribution in [0, 0.1) is 0 Å². The molecule has 0 unspecified atom stereocenters. The van der Waals surface area contributed by atoms with Gasteiger partial charge in [0.2, 0.25) is 0 Å². The Morgan fingerprint density at radius 2 is 1.60 bits per heavy atom. The van der Waals surface area contributed by atoms with E-state index < -0.39 is 0 Å². The van der Waals surface area contributed by atoms with Crippen LogP contribution in [0.1, 0.15) is 13.8 Å². The van der Waals surface area contributed by atoms with Gasteiger partial charge in [0, 0.05) is 13.1 Å². The van der Waals surface area contributed by atoms with Crippen LogP contribution in [0.3, 0.4) is 0 Å². The second-order valence-corrected chi connectivity index (χ2v) is 2.57. The van der Waals surface area contributed by atoms with Crippen molar-refractivity contribution in [2.45, 2.75) is 13.8 Å². The third-order valence-electron chi connectivity index (χ3n) is 1.03. The van der Waals surface area contributed by atoms with Gasteiger partial charge in [0.05, 0.1) is 0 Å². The van der Waals surface area contributed by atoms with E-state index in [0.717, 1.165) is 13.1 Å². The van der Waals surface area contributed by atoms with Crippen LogP contribution in [0.4, 0.5) is 0 Å². The molecule has 0 saturated carbocycles. The van der Waals surface area contributed by atoms with E-state index in [-0.39, 0.29) is 27.0 Å². The van der Waals surface area contributed by atoms with Crippen molar-refractivity contribution in [3.05, 3.63) is 0 Å². The summed E-state index contributed by atoms with van der Waals surface area (Å²) >= 11 is 8.82. The summed E-state index contributed by atoms with van der Waals surface area (Å²) in [6.07, 6.45) is 0. The van der Waals surface area contributed by atoms with Crippen LogP contribution in [0.15, 0.2) is 0 Å². The van der Waals surface area contributed by atoms with E-state index in [2.05, 4.69) is 26.5 Å². The minimum Gasteiger partial charge on any atom is -2.00 e. The molecule has 0 atom stereocenters. The maximum Gasteiger partial charge on any atom is 0.133 e. The lowest BCUT2D eigenvalue weighted by atomic mass is 10.6. The monoisotopic (exact) mass is 213 g/mol. The fraction of sp³-hybridized carbons (Fsp3) is 0.800. The van der Waals surface area contributed by atoms with Gasteiger partial charge in [-0.1, -0.05) is 12.2 Å². The fourth-order valence-corrected chi connectivity index (χ4v) is 1.04. The van der Waals surface area contributed by atoms with Crippen molar-refractivity contribution in [3.8, 4) is 0 Å². The Balaban J connectivity index is -0.000000245. The van der Waals surface area contributed by atoms with Crippen LogP contribution in [0.5, 0.6) is 0 Å². The normalized spacial score (nSPS) is 7.10. The van der Waals surface area contributed by atoms with Crippen molar-refractivity contribution >= 4 is 56.2 Å². The molecule has 5 heteroatoms. The zero-order chi connectivity index (χ0) is 6.57. The Hall–Kier alpha value is 0.940. The molecular formula is C5H11NS4-4. The van der Waals surface area contributed by atoms with Crippen molar-refractivity contribution in [1.82, 2.24) is 4.90 Å². The molecule has 0 radical (unpaired) electrons.